The summed E-state index contributed by atoms with van der Waals surface area (Å²) in [4.78, 5) is 0. The summed E-state index contributed by atoms with van der Waals surface area (Å²) in [5, 5.41) is 4.23. The van der Waals surface area contributed by atoms with E-state index in [1.165, 1.54) is 24.8 Å². The van der Waals surface area contributed by atoms with Gasteiger partial charge in [0.2, 0.25) is 0 Å². The van der Waals surface area contributed by atoms with Crippen molar-refractivity contribution in [3.63, 3.8) is 0 Å². The lowest BCUT2D eigenvalue weighted by Gasteiger charge is -2.17. The van der Waals surface area contributed by atoms with Crippen molar-refractivity contribution in [3.05, 3.63) is 34.9 Å². The third-order valence-corrected chi connectivity index (χ3v) is 3.35. The Hall–Kier alpha value is -0.530. The van der Waals surface area contributed by atoms with E-state index in [9.17, 15) is 0 Å². The molecule has 0 spiro atoms. The number of benzene rings is 1. The first kappa shape index (κ1) is 14.5. The maximum absolute atomic E-state index is 6.00. The van der Waals surface area contributed by atoms with Crippen LogP contribution in [-0.2, 0) is 6.42 Å². The summed E-state index contributed by atoms with van der Waals surface area (Å²) in [5.74, 6) is 0.804. The fourth-order valence-corrected chi connectivity index (χ4v) is 2.28. The molecule has 1 N–H and O–H groups in total. The lowest BCUT2D eigenvalue weighted by molar-refractivity contribution is 0.457. The number of halogens is 1. The first-order chi connectivity index (χ1) is 8.11. The minimum atomic E-state index is 0.562. The van der Waals surface area contributed by atoms with Crippen LogP contribution >= 0.6 is 11.6 Å². The summed E-state index contributed by atoms with van der Waals surface area (Å²) in [6.45, 7) is 4.57. The van der Waals surface area contributed by atoms with Crippen molar-refractivity contribution in [2.24, 2.45) is 5.92 Å². The Morgan fingerprint density at radius 1 is 1.24 bits per heavy atom. The molecule has 0 aliphatic carbocycles. The number of likely N-dealkylation sites (N-methyl/N-ethyl adjacent to an activating group) is 1. The van der Waals surface area contributed by atoms with E-state index >= 15 is 0 Å². The zero-order valence-electron chi connectivity index (χ0n) is 11.2. The number of hydrogen-bond acceptors (Lipinski definition) is 1. The summed E-state index contributed by atoms with van der Waals surface area (Å²) in [6.07, 6.45) is 4.91. The van der Waals surface area contributed by atoms with Gasteiger partial charge in [0, 0.05) is 11.1 Å². The van der Waals surface area contributed by atoms with Gasteiger partial charge in [-0.15, -0.1) is 0 Å². The first-order valence-corrected chi connectivity index (χ1v) is 6.91. The highest BCUT2D eigenvalue weighted by atomic mass is 35.5. The topological polar surface area (TPSA) is 12.0 Å². The predicted molar refractivity (Wildman–Crippen MR) is 76.7 cm³/mol. The van der Waals surface area contributed by atoms with Crippen LogP contribution in [0.15, 0.2) is 24.3 Å². The van der Waals surface area contributed by atoms with Crippen molar-refractivity contribution < 1.29 is 0 Å². The van der Waals surface area contributed by atoms with Crippen molar-refractivity contribution in [2.45, 2.75) is 45.6 Å². The smallest absolute Gasteiger partial charge is 0.0408 e. The van der Waals surface area contributed by atoms with Gasteiger partial charge in [-0.25, -0.2) is 0 Å². The van der Waals surface area contributed by atoms with Crippen LogP contribution in [0.25, 0.3) is 0 Å². The van der Waals surface area contributed by atoms with Crippen LogP contribution in [0.3, 0.4) is 0 Å². The second-order valence-electron chi connectivity index (χ2n) is 5.14. The van der Waals surface area contributed by atoms with E-state index in [0.29, 0.717) is 6.04 Å². The normalized spacial score (nSPS) is 13.0. The van der Waals surface area contributed by atoms with E-state index in [1.54, 1.807) is 0 Å². The second kappa shape index (κ2) is 7.73. The standard InChI is InChI=1S/C15H24ClN/c1-12(2)6-4-9-15(17-3)11-13-7-5-8-14(16)10-13/h5,7-8,10,12,15,17H,4,6,9,11H2,1-3H3. The van der Waals surface area contributed by atoms with E-state index in [0.717, 1.165) is 17.4 Å². The van der Waals surface area contributed by atoms with E-state index in [1.807, 2.05) is 19.2 Å². The lowest BCUT2D eigenvalue weighted by atomic mass is 9.98. The summed E-state index contributed by atoms with van der Waals surface area (Å²) in [5.41, 5.74) is 1.32. The lowest BCUT2D eigenvalue weighted by Crippen LogP contribution is -2.27. The van der Waals surface area contributed by atoms with Crippen molar-refractivity contribution in [1.29, 1.82) is 0 Å². The van der Waals surface area contributed by atoms with Gasteiger partial charge in [0.15, 0.2) is 0 Å². The van der Waals surface area contributed by atoms with E-state index in [-0.39, 0.29) is 0 Å². The van der Waals surface area contributed by atoms with Gasteiger partial charge in [0.05, 0.1) is 0 Å². The first-order valence-electron chi connectivity index (χ1n) is 6.53. The molecule has 0 amide bonds. The zero-order chi connectivity index (χ0) is 12.7. The van der Waals surface area contributed by atoms with Gasteiger partial charge in [0.1, 0.15) is 0 Å². The fraction of sp³-hybridized carbons (Fsp3) is 0.600. The minimum Gasteiger partial charge on any atom is -0.317 e. The van der Waals surface area contributed by atoms with Crippen LogP contribution in [0.2, 0.25) is 5.02 Å². The average Bonchev–Trinajstić information content (AvgIpc) is 2.27. The largest absolute Gasteiger partial charge is 0.317 e. The molecule has 2 heteroatoms. The number of hydrogen-bond donors (Lipinski definition) is 1. The average molecular weight is 254 g/mol. The van der Waals surface area contributed by atoms with E-state index < -0.39 is 0 Å². The Morgan fingerprint density at radius 3 is 2.59 bits per heavy atom. The van der Waals surface area contributed by atoms with Gasteiger partial charge in [-0.2, -0.15) is 0 Å². The Morgan fingerprint density at radius 2 is 2.00 bits per heavy atom. The van der Waals surface area contributed by atoms with Crippen LogP contribution in [0.4, 0.5) is 0 Å². The van der Waals surface area contributed by atoms with Crippen molar-refractivity contribution in [3.8, 4) is 0 Å². The Labute approximate surface area is 111 Å². The molecule has 0 heterocycles. The number of rotatable bonds is 7. The second-order valence-corrected chi connectivity index (χ2v) is 5.58. The molecule has 0 saturated heterocycles. The summed E-state index contributed by atoms with van der Waals surface area (Å²) in [6, 6.07) is 8.73. The maximum Gasteiger partial charge on any atom is 0.0408 e. The fourth-order valence-electron chi connectivity index (χ4n) is 2.07. The zero-order valence-corrected chi connectivity index (χ0v) is 11.9. The van der Waals surface area contributed by atoms with Gasteiger partial charge in [0.25, 0.3) is 0 Å². The Balaban J connectivity index is 2.41. The third kappa shape index (κ3) is 6.09. The molecule has 0 saturated carbocycles. The van der Waals surface area contributed by atoms with E-state index in [4.69, 9.17) is 11.6 Å². The Bertz CT molecular complexity index is 322. The van der Waals surface area contributed by atoms with Crippen molar-refractivity contribution in [1.82, 2.24) is 5.32 Å². The van der Waals surface area contributed by atoms with Gasteiger partial charge in [-0.05, 0) is 43.5 Å². The highest BCUT2D eigenvalue weighted by Crippen LogP contribution is 2.15. The molecule has 1 unspecified atom stereocenters. The molecular formula is C15H24ClN. The van der Waals surface area contributed by atoms with Crippen LogP contribution in [0, 0.1) is 5.92 Å². The van der Waals surface area contributed by atoms with Crippen molar-refractivity contribution >= 4 is 11.6 Å². The summed E-state index contributed by atoms with van der Waals surface area (Å²) >= 11 is 6.00. The van der Waals surface area contributed by atoms with E-state index in [2.05, 4.69) is 31.3 Å². The molecule has 1 aromatic rings. The number of nitrogens with one attached hydrogen (secondary N) is 1. The highest BCUT2D eigenvalue weighted by Gasteiger charge is 2.07. The molecule has 0 aliphatic rings. The van der Waals surface area contributed by atoms with Gasteiger partial charge >= 0.3 is 0 Å². The van der Waals surface area contributed by atoms with Gasteiger partial charge < -0.3 is 5.32 Å². The molecule has 1 rings (SSSR count). The molecule has 0 aliphatic heterocycles. The van der Waals surface area contributed by atoms with Crippen LogP contribution in [0.1, 0.15) is 38.7 Å². The van der Waals surface area contributed by atoms with Crippen LogP contribution in [0.5, 0.6) is 0 Å². The summed E-state index contributed by atoms with van der Waals surface area (Å²) in [7, 11) is 2.05. The molecule has 0 aromatic heterocycles. The van der Waals surface area contributed by atoms with Gasteiger partial charge in [-0.1, -0.05) is 50.4 Å². The maximum atomic E-state index is 6.00. The molecule has 96 valence electrons. The molecule has 0 bridgehead atoms. The molecule has 1 nitrogen and oxygen atoms in total. The molecule has 0 radical (unpaired) electrons. The van der Waals surface area contributed by atoms with Crippen LogP contribution < -0.4 is 5.32 Å². The van der Waals surface area contributed by atoms with Crippen molar-refractivity contribution in [2.75, 3.05) is 7.05 Å². The third-order valence-electron chi connectivity index (χ3n) is 3.11. The highest BCUT2D eigenvalue weighted by molar-refractivity contribution is 6.30. The quantitative estimate of drug-likeness (QED) is 0.764. The summed E-state index contributed by atoms with van der Waals surface area (Å²) < 4.78 is 0. The molecule has 17 heavy (non-hydrogen) atoms. The molecule has 1 atom stereocenters. The molecule has 0 fully saturated rings. The minimum absolute atomic E-state index is 0.562. The molecular weight excluding hydrogens is 230 g/mol. The Kier molecular flexibility index (Phi) is 6.61. The SMILES string of the molecule is CNC(CCCC(C)C)Cc1cccc(Cl)c1. The molecule has 1 aromatic carbocycles. The van der Waals surface area contributed by atoms with Gasteiger partial charge in [-0.3, -0.25) is 0 Å². The van der Waals surface area contributed by atoms with Crippen LogP contribution in [-0.4, -0.2) is 13.1 Å². The monoisotopic (exact) mass is 253 g/mol. The predicted octanol–water partition coefficient (Wildman–Crippen LogP) is 4.30.